The molecule has 0 amide bonds. The second-order valence-corrected chi connectivity index (χ2v) is 6.98. The molecule has 1 saturated heterocycles. The Morgan fingerprint density at radius 1 is 1.48 bits per heavy atom. The van der Waals surface area contributed by atoms with Crippen molar-refractivity contribution in [3.05, 3.63) is 0 Å². The molecule has 3 atom stereocenters. The number of guanidine groups is 1. The van der Waals surface area contributed by atoms with Crippen LogP contribution in [0.2, 0.25) is 0 Å². The SMILES string of the molecule is CCNC(=NCC1(C)CCCCC1O)N1CCOC(COC)C1. The monoisotopic (exact) mass is 327 g/mol. The Hall–Kier alpha value is -0.850. The minimum Gasteiger partial charge on any atom is -0.392 e. The van der Waals surface area contributed by atoms with E-state index in [1.165, 1.54) is 6.42 Å². The van der Waals surface area contributed by atoms with Gasteiger partial charge in [0.15, 0.2) is 5.96 Å². The zero-order valence-electron chi connectivity index (χ0n) is 14.9. The Bertz CT molecular complexity index is 389. The average Bonchev–Trinajstić information content (AvgIpc) is 2.55. The lowest BCUT2D eigenvalue weighted by atomic mass is 9.73. The van der Waals surface area contributed by atoms with Gasteiger partial charge in [-0.2, -0.15) is 0 Å². The maximum absolute atomic E-state index is 10.4. The first-order chi connectivity index (χ1) is 11.1. The highest BCUT2D eigenvalue weighted by Crippen LogP contribution is 2.36. The van der Waals surface area contributed by atoms with Crippen LogP contribution in [0.25, 0.3) is 0 Å². The zero-order chi connectivity index (χ0) is 16.7. The molecule has 0 aromatic carbocycles. The predicted molar refractivity (Wildman–Crippen MR) is 91.7 cm³/mol. The molecule has 0 aromatic rings. The standard InChI is InChI=1S/C17H33N3O3/c1-4-18-16(20-9-10-23-14(11-20)12-22-3)19-13-17(2)8-6-5-7-15(17)21/h14-15,21H,4-13H2,1-3H3,(H,18,19). The van der Waals surface area contributed by atoms with E-state index in [1.54, 1.807) is 7.11 Å². The highest BCUT2D eigenvalue weighted by atomic mass is 16.5. The topological polar surface area (TPSA) is 66.3 Å². The molecule has 0 spiro atoms. The van der Waals surface area contributed by atoms with Crippen LogP contribution in [0.15, 0.2) is 4.99 Å². The van der Waals surface area contributed by atoms with Crippen LogP contribution in [0.3, 0.4) is 0 Å². The van der Waals surface area contributed by atoms with E-state index < -0.39 is 0 Å². The minimum absolute atomic E-state index is 0.0912. The molecule has 1 aliphatic heterocycles. The molecule has 134 valence electrons. The van der Waals surface area contributed by atoms with Crippen LogP contribution in [0.1, 0.15) is 39.5 Å². The second-order valence-electron chi connectivity index (χ2n) is 6.98. The molecule has 1 saturated carbocycles. The van der Waals surface area contributed by atoms with Gasteiger partial charge in [-0.3, -0.25) is 4.99 Å². The van der Waals surface area contributed by atoms with Crippen molar-refractivity contribution in [1.82, 2.24) is 10.2 Å². The van der Waals surface area contributed by atoms with E-state index in [0.29, 0.717) is 19.8 Å². The summed E-state index contributed by atoms with van der Waals surface area (Å²) >= 11 is 0. The maximum Gasteiger partial charge on any atom is 0.194 e. The van der Waals surface area contributed by atoms with Crippen LogP contribution in [0.4, 0.5) is 0 Å². The molecular weight excluding hydrogens is 294 g/mol. The summed E-state index contributed by atoms with van der Waals surface area (Å²) in [6, 6.07) is 0. The van der Waals surface area contributed by atoms with Gasteiger partial charge in [0.05, 0.1) is 32.0 Å². The van der Waals surface area contributed by atoms with Crippen LogP contribution in [0, 0.1) is 5.41 Å². The molecule has 1 heterocycles. The lowest BCUT2D eigenvalue weighted by Gasteiger charge is -2.38. The largest absolute Gasteiger partial charge is 0.392 e. The Labute approximate surface area is 140 Å². The van der Waals surface area contributed by atoms with Gasteiger partial charge >= 0.3 is 0 Å². The quantitative estimate of drug-likeness (QED) is 0.587. The van der Waals surface area contributed by atoms with Crippen LogP contribution >= 0.6 is 0 Å². The van der Waals surface area contributed by atoms with Crippen molar-refractivity contribution in [2.24, 2.45) is 10.4 Å². The van der Waals surface area contributed by atoms with Crippen molar-refractivity contribution >= 4 is 5.96 Å². The van der Waals surface area contributed by atoms with Crippen molar-refractivity contribution in [2.45, 2.75) is 51.7 Å². The Kier molecular flexibility index (Phi) is 7.11. The van der Waals surface area contributed by atoms with Crippen LogP contribution in [-0.2, 0) is 9.47 Å². The Morgan fingerprint density at radius 2 is 2.30 bits per heavy atom. The maximum atomic E-state index is 10.4. The van der Waals surface area contributed by atoms with E-state index in [1.807, 2.05) is 0 Å². The third-order valence-electron chi connectivity index (χ3n) is 5.00. The van der Waals surface area contributed by atoms with Gasteiger partial charge in [-0.05, 0) is 19.8 Å². The first-order valence-electron chi connectivity index (χ1n) is 8.91. The number of hydrogen-bond donors (Lipinski definition) is 2. The van der Waals surface area contributed by atoms with Crippen molar-refractivity contribution < 1.29 is 14.6 Å². The average molecular weight is 327 g/mol. The van der Waals surface area contributed by atoms with E-state index in [4.69, 9.17) is 14.5 Å². The van der Waals surface area contributed by atoms with Gasteiger partial charge in [0.2, 0.25) is 0 Å². The number of methoxy groups -OCH3 is 1. The molecule has 2 aliphatic rings. The number of morpholine rings is 1. The Balaban J connectivity index is 2.01. The van der Waals surface area contributed by atoms with Gasteiger partial charge in [0.25, 0.3) is 0 Å². The smallest absolute Gasteiger partial charge is 0.194 e. The van der Waals surface area contributed by atoms with E-state index in [2.05, 4.69) is 24.1 Å². The molecule has 0 aromatic heterocycles. The lowest BCUT2D eigenvalue weighted by molar-refractivity contribution is -0.0449. The van der Waals surface area contributed by atoms with E-state index in [0.717, 1.165) is 44.9 Å². The molecule has 2 N–H and O–H groups in total. The molecule has 2 fully saturated rings. The van der Waals surface area contributed by atoms with Crippen LogP contribution < -0.4 is 5.32 Å². The fourth-order valence-electron chi connectivity index (χ4n) is 3.45. The number of rotatable bonds is 5. The molecule has 6 nitrogen and oxygen atoms in total. The summed E-state index contributed by atoms with van der Waals surface area (Å²) in [5.41, 5.74) is -0.100. The summed E-state index contributed by atoms with van der Waals surface area (Å²) in [7, 11) is 1.70. The fourth-order valence-corrected chi connectivity index (χ4v) is 3.45. The molecule has 23 heavy (non-hydrogen) atoms. The second kappa shape index (κ2) is 8.85. The Morgan fingerprint density at radius 3 is 3.00 bits per heavy atom. The van der Waals surface area contributed by atoms with E-state index >= 15 is 0 Å². The summed E-state index contributed by atoms with van der Waals surface area (Å²) in [5, 5.41) is 13.7. The molecule has 6 heteroatoms. The van der Waals surface area contributed by atoms with E-state index in [9.17, 15) is 5.11 Å². The van der Waals surface area contributed by atoms with Crippen molar-refractivity contribution in [3.8, 4) is 0 Å². The van der Waals surface area contributed by atoms with Crippen LogP contribution in [0.5, 0.6) is 0 Å². The van der Waals surface area contributed by atoms with Crippen molar-refractivity contribution in [3.63, 3.8) is 0 Å². The summed E-state index contributed by atoms with van der Waals surface area (Å²) in [6.45, 7) is 8.68. The van der Waals surface area contributed by atoms with Gasteiger partial charge in [-0.25, -0.2) is 0 Å². The number of nitrogens with zero attached hydrogens (tertiary/aromatic N) is 2. The number of hydrogen-bond acceptors (Lipinski definition) is 4. The van der Waals surface area contributed by atoms with Gasteiger partial charge in [0, 0.05) is 32.2 Å². The van der Waals surface area contributed by atoms with E-state index in [-0.39, 0.29) is 17.6 Å². The number of aliphatic imine (C=N–C) groups is 1. The molecule has 2 rings (SSSR count). The highest BCUT2D eigenvalue weighted by Gasteiger charge is 2.35. The van der Waals surface area contributed by atoms with Crippen molar-refractivity contribution in [2.75, 3.05) is 46.5 Å². The van der Waals surface area contributed by atoms with Crippen molar-refractivity contribution in [1.29, 1.82) is 0 Å². The summed E-state index contributed by atoms with van der Waals surface area (Å²) in [5.74, 6) is 0.927. The molecule has 1 aliphatic carbocycles. The number of aliphatic hydroxyl groups is 1. The third-order valence-corrected chi connectivity index (χ3v) is 5.00. The third kappa shape index (κ3) is 5.06. The minimum atomic E-state index is -0.242. The van der Waals surface area contributed by atoms with Gasteiger partial charge < -0.3 is 24.8 Å². The molecule has 0 radical (unpaired) electrons. The molecular formula is C17H33N3O3. The summed E-state index contributed by atoms with van der Waals surface area (Å²) < 4.78 is 10.9. The fraction of sp³-hybridized carbons (Fsp3) is 0.941. The summed E-state index contributed by atoms with van der Waals surface area (Å²) in [6.07, 6.45) is 4.11. The zero-order valence-corrected chi connectivity index (χ0v) is 14.9. The predicted octanol–water partition coefficient (Wildman–Crippen LogP) is 1.24. The first kappa shape index (κ1) is 18.5. The van der Waals surface area contributed by atoms with Crippen LogP contribution in [-0.4, -0.2) is 74.7 Å². The molecule has 3 unspecified atom stereocenters. The van der Waals surface area contributed by atoms with Gasteiger partial charge in [0.1, 0.15) is 0 Å². The number of ether oxygens (including phenoxy) is 2. The van der Waals surface area contributed by atoms with Gasteiger partial charge in [-0.15, -0.1) is 0 Å². The van der Waals surface area contributed by atoms with Gasteiger partial charge in [-0.1, -0.05) is 19.8 Å². The normalized spacial score (nSPS) is 32.9. The number of aliphatic hydroxyl groups excluding tert-OH is 1. The highest BCUT2D eigenvalue weighted by molar-refractivity contribution is 5.80. The summed E-state index contributed by atoms with van der Waals surface area (Å²) in [4.78, 5) is 7.10. The number of nitrogens with one attached hydrogen (secondary N) is 1. The lowest BCUT2D eigenvalue weighted by Crippen LogP contribution is -2.52. The molecule has 0 bridgehead atoms. The first-order valence-corrected chi connectivity index (χ1v) is 8.91.